The van der Waals surface area contributed by atoms with E-state index in [1.165, 1.54) is 12.1 Å². The maximum Gasteiger partial charge on any atom is 0.227 e. The van der Waals surface area contributed by atoms with Crippen LogP contribution in [-0.2, 0) is 25.8 Å². The van der Waals surface area contributed by atoms with E-state index in [-0.39, 0.29) is 23.1 Å². The molecule has 7 heteroatoms. The summed E-state index contributed by atoms with van der Waals surface area (Å²) in [5.74, 6) is 0.171. The molecule has 0 atom stereocenters. The van der Waals surface area contributed by atoms with Crippen molar-refractivity contribution >= 4 is 21.7 Å². The maximum absolute atomic E-state index is 12.5. The van der Waals surface area contributed by atoms with Crippen molar-refractivity contribution in [2.75, 3.05) is 32.4 Å². The Bertz CT molecular complexity index is 713. The van der Waals surface area contributed by atoms with Crippen LogP contribution in [-0.4, -0.2) is 62.5 Å². The second kappa shape index (κ2) is 8.47. The number of sulfone groups is 1. The maximum atomic E-state index is 12.5. The zero-order valence-electron chi connectivity index (χ0n) is 14.9. The monoisotopic (exact) mass is 366 g/mol. The van der Waals surface area contributed by atoms with Gasteiger partial charge < -0.3 is 9.80 Å². The topological polar surface area (TPSA) is 74.8 Å². The zero-order chi connectivity index (χ0) is 18.4. The van der Waals surface area contributed by atoms with Crippen LogP contribution in [0.5, 0.6) is 0 Å². The van der Waals surface area contributed by atoms with E-state index in [9.17, 15) is 18.0 Å². The van der Waals surface area contributed by atoms with Crippen molar-refractivity contribution in [1.29, 1.82) is 0 Å². The molecule has 0 N–H and O–H groups in total. The van der Waals surface area contributed by atoms with Crippen LogP contribution < -0.4 is 0 Å². The summed E-state index contributed by atoms with van der Waals surface area (Å²) in [6.07, 6.45) is 3.58. The number of hydrogen-bond donors (Lipinski definition) is 0. The molecule has 6 nitrogen and oxygen atoms in total. The molecular weight excluding hydrogens is 340 g/mol. The Labute approximate surface area is 149 Å². The van der Waals surface area contributed by atoms with Crippen LogP contribution in [0.1, 0.15) is 31.7 Å². The van der Waals surface area contributed by atoms with Gasteiger partial charge in [-0.15, -0.1) is 0 Å². The van der Waals surface area contributed by atoms with Crippen molar-refractivity contribution in [2.24, 2.45) is 0 Å². The Hall–Kier alpha value is -1.89. The summed E-state index contributed by atoms with van der Waals surface area (Å²) in [6, 6.07) is 6.43. The molecule has 1 aromatic rings. The lowest BCUT2D eigenvalue weighted by Gasteiger charge is -2.22. The van der Waals surface area contributed by atoms with E-state index in [0.29, 0.717) is 32.6 Å². The normalized spacial score (nSPS) is 15.8. The number of carbonyl (C=O) groups is 2. The SMILES string of the molecule is CCCC(=O)N1CCCN(C(=O)Cc2ccc(S(C)(=O)=O)cc2)CC1. The highest BCUT2D eigenvalue weighted by atomic mass is 32.2. The van der Waals surface area contributed by atoms with E-state index in [1.54, 1.807) is 17.0 Å². The molecule has 0 radical (unpaired) electrons. The van der Waals surface area contributed by atoms with Gasteiger partial charge in [0.15, 0.2) is 9.84 Å². The van der Waals surface area contributed by atoms with E-state index >= 15 is 0 Å². The highest BCUT2D eigenvalue weighted by molar-refractivity contribution is 7.90. The van der Waals surface area contributed by atoms with Crippen LogP contribution in [0.25, 0.3) is 0 Å². The van der Waals surface area contributed by atoms with Crippen molar-refractivity contribution in [3.05, 3.63) is 29.8 Å². The summed E-state index contributed by atoms with van der Waals surface area (Å²) >= 11 is 0. The number of amides is 2. The average Bonchev–Trinajstić information content (AvgIpc) is 2.81. The number of carbonyl (C=O) groups excluding carboxylic acids is 2. The van der Waals surface area contributed by atoms with Crippen LogP contribution in [0.3, 0.4) is 0 Å². The third kappa shape index (κ3) is 5.56. The van der Waals surface area contributed by atoms with Gasteiger partial charge in [0, 0.05) is 38.9 Å². The Morgan fingerprint density at radius 3 is 2.04 bits per heavy atom. The van der Waals surface area contributed by atoms with E-state index in [1.807, 2.05) is 11.8 Å². The van der Waals surface area contributed by atoms with Crippen LogP contribution >= 0.6 is 0 Å². The fourth-order valence-electron chi connectivity index (χ4n) is 2.93. The molecule has 0 spiro atoms. The third-order valence-electron chi connectivity index (χ3n) is 4.37. The van der Waals surface area contributed by atoms with Gasteiger partial charge in [-0.25, -0.2) is 8.42 Å². The van der Waals surface area contributed by atoms with E-state index in [2.05, 4.69) is 0 Å². The van der Waals surface area contributed by atoms with E-state index in [0.717, 1.165) is 24.7 Å². The molecule has 1 saturated heterocycles. The van der Waals surface area contributed by atoms with Gasteiger partial charge in [0.05, 0.1) is 11.3 Å². The van der Waals surface area contributed by atoms with Gasteiger partial charge in [-0.05, 0) is 30.5 Å². The Balaban J connectivity index is 1.93. The largest absolute Gasteiger partial charge is 0.341 e. The minimum atomic E-state index is -3.23. The van der Waals surface area contributed by atoms with Crippen LogP contribution in [0.15, 0.2) is 29.2 Å². The van der Waals surface area contributed by atoms with Crippen molar-refractivity contribution in [1.82, 2.24) is 9.80 Å². The summed E-state index contributed by atoms with van der Waals surface area (Å²) in [4.78, 5) is 28.4. The van der Waals surface area contributed by atoms with Crippen LogP contribution in [0.2, 0.25) is 0 Å². The summed E-state index contributed by atoms with van der Waals surface area (Å²) < 4.78 is 23.0. The molecule has 1 aromatic carbocycles. The summed E-state index contributed by atoms with van der Waals surface area (Å²) in [7, 11) is -3.23. The van der Waals surface area contributed by atoms with Gasteiger partial charge >= 0.3 is 0 Å². The van der Waals surface area contributed by atoms with E-state index in [4.69, 9.17) is 0 Å². The first kappa shape index (κ1) is 19.4. The number of rotatable bonds is 5. The molecule has 0 saturated carbocycles. The van der Waals surface area contributed by atoms with Crippen molar-refractivity contribution in [3.8, 4) is 0 Å². The molecule has 0 aromatic heterocycles. The first-order valence-corrected chi connectivity index (χ1v) is 10.5. The fourth-order valence-corrected chi connectivity index (χ4v) is 3.56. The Morgan fingerprint density at radius 1 is 0.960 bits per heavy atom. The predicted molar refractivity (Wildman–Crippen MR) is 95.9 cm³/mol. The van der Waals surface area contributed by atoms with Crippen LogP contribution in [0.4, 0.5) is 0 Å². The predicted octanol–water partition coefficient (Wildman–Crippen LogP) is 1.49. The lowest BCUT2D eigenvalue weighted by atomic mass is 10.1. The smallest absolute Gasteiger partial charge is 0.227 e. The molecule has 138 valence electrons. The van der Waals surface area contributed by atoms with Gasteiger partial charge in [-0.2, -0.15) is 0 Å². The van der Waals surface area contributed by atoms with Gasteiger partial charge in [-0.1, -0.05) is 19.1 Å². The second-order valence-corrected chi connectivity index (χ2v) is 8.47. The third-order valence-corrected chi connectivity index (χ3v) is 5.50. The van der Waals surface area contributed by atoms with Crippen LogP contribution in [0, 0.1) is 0 Å². The van der Waals surface area contributed by atoms with Gasteiger partial charge in [-0.3, -0.25) is 9.59 Å². The molecule has 1 aliphatic heterocycles. The molecule has 2 rings (SSSR count). The second-order valence-electron chi connectivity index (χ2n) is 6.46. The lowest BCUT2D eigenvalue weighted by Crippen LogP contribution is -2.37. The first-order valence-electron chi connectivity index (χ1n) is 8.66. The van der Waals surface area contributed by atoms with Gasteiger partial charge in [0.25, 0.3) is 0 Å². The number of nitrogens with zero attached hydrogens (tertiary/aromatic N) is 2. The molecule has 1 aliphatic rings. The minimum absolute atomic E-state index is 0.0110. The zero-order valence-corrected chi connectivity index (χ0v) is 15.7. The number of hydrogen-bond acceptors (Lipinski definition) is 4. The molecule has 2 amide bonds. The molecule has 25 heavy (non-hydrogen) atoms. The summed E-state index contributed by atoms with van der Waals surface area (Å²) in [5.41, 5.74) is 0.792. The first-order chi connectivity index (χ1) is 11.8. The molecule has 1 fully saturated rings. The van der Waals surface area contributed by atoms with Crippen molar-refractivity contribution in [2.45, 2.75) is 37.5 Å². The molecule has 1 heterocycles. The quantitative estimate of drug-likeness (QED) is 0.791. The molecular formula is C18H26N2O4S. The molecule has 0 aliphatic carbocycles. The lowest BCUT2D eigenvalue weighted by molar-refractivity contribution is -0.133. The van der Waals surface area contributed by atoms with Gasteiger partial charge in [0.2, 0.25) is 11.8 Å². The van der Waals surface area contributed by atoms with Crippen molar-refractivity contribution < 1.29 is 18.0 Å². The molecule has 0 bridgehead atoms. The molecule has 0 unspecified atom stereocenters. The summed E-state index contributed by atoms with van der Waals surface area (Å²) in [6.45, 7) is 4.47. The summed E-state index contributed by atoms with van der Waals surface area (Å²) in [5, 5.41) is 0. The highest BCUT2D eigenvalue weighted by Crippen LogP contribution is 2.13. The average molecular weight is 366 g/mol. The van der Waals surface area contributed by atoms with Gasteiger partial charge in [0.1, 0.15) is 0 Å². The fraction of sp³-hybridized carbons (Fsp3) is 0.556. The Kier molecular flexibility index (Phi) is 6.58. The Morgan fingerprint density at radius 2 is 1.52 bits per heavy atom. The highest BCUT2D eigenvalue weighted by Gasteiger charge is 2.21. The standard InChI is InChI=1S/C18H26N2O4S/c1-3-5-17(21)19-10-4-11-20(13-12-19)18(22)14-15-6-8-16(9-7-15)25(2,23)24/h6-9H,3-5,10-14H2,1-2H3. The minimum Gasteiger partial charge on any atom is -0.341 e. The number of benzene rings is 1. The van der Waals surface area contributed by atoms with E-state index < -0.39 is 9.84 Å². The van der Waals surface area contributed by atoms with Crippen molar-refractivity contribution in [3.63, 3.8) is 0 Å².